The van der Waals surface area contributed by atoms with Crippen molar-refractivity contribution in [1.29, 1.82) is 0 Å². The Morgan fingerprint density at radius 3 is 2.51 bits per heavy atom. The number of benzodiazepines with no additional fused rings is 1. The van der Waals surface area contributed by atoms with E-state index in [-0.39, 0.29) is 18.4 Å². The summed E-state index contributed by atoms with van der Waals surface area (Å²) in [5.41, 5.74) is 4.55. The predicted octanol–water partition coefficient (Wildman–Crippen LogP) is 4.88. The van der Waals surface area contributed by atoms with Gasteiger partial charge in [-0.1, -0.05) is 73.5 Å². The first-order valence-corrected chi connectivity index (χ1v) is 12.9. The first-order valence-electron chi connectivity index (χ1n) is 12.9. The van der Waals surface area contributed by atoms with E-state index in [1.165, 1.54) is 0 Å². The summed E-state index contributed by atoms with van der Waals surface area (Å²) in [6.45, 7) is 2.09. The molecule has 37 heavy (non-hydrogen) atoms. The Kier molecular flexibility index (Phi) is 7.32. The number of aliphatic imine (C=N–C) groups is 1. The number of hydrogen-bond acceptors (Lipinski definition) is 4. The van der Waals surface area contributed by atoms with E-state index in [9.17, 15) is 14.7 Å². The number of urea groups is 1. The zero-order chi connectivity index (χ0) is 25.8. The van der Waals surface area contributed by atoms with Crippen molar-refractivity contribution in [2.24, 2.45) is 10.9 Å². The number of amides is 3. The molecule has 1 aliphatic heterocycles. The normalized spacial score (nSPS) is 18.5. The Bertz CT molecular complexity index is 1300. The number of nitrogens with one attached hydrogen (secondary N) is 2. The largest absolute Gasteiger partial charge is 0.391 e. The minimum absolute atomic E-state index is 0.149. The highest BCUT2D eigenvalue weighted by atomic mass is 16.3. The molecule has 0 bridgehead atoms. The van der Waals surface area contributed by atoms with Gasteiger partial charge in [-0.3, -0.25) is 4.79 Å². The molecule has 0 radical (unpaired) electrons. The first-order chi connectivity index (χ1) is 18.0. The van der Waals surface area contributed by atoms with E-state index in [4.69, 9.17) is 4.99 Å². The van der Waals surface area contributed by atoms with Crippen LogP contribution in [-0.4, -0.2) is 41.6 Å². The van der Waals surface area contributed by atoms with Gasteiger partial charge < -0.3 is 20.6 Å². The van der Waals surface area contributed by atoms with Crippen molar-refractivity contribution in [3.05, 3.63) is 95.6 Å². The Morgan fingerprint density at radius 1 is 1.03 bits per heavy atom. The number of rotatable bonds is 6. The molecule has 1 heterocycles. The molecule has 3 aromatic carbocycles. The van der Waals surface area contributed by atoms with E-state index in [1.807, 2.05) is 79.7 Å². The molecular weight excluding hydrogens is 464 g/mol. The second-order valence-electron chi connectivity index (χ2n) is 9.79. The standard InChI is InChI=1S/C30H32N4O3/c1-20-10-9-15-23(18-20)31-30(37)33-28-29(36)34(19-26(35)21-11-5-6-12-21)25-17-8-7-16-24(25)27(32-28)22-13-3-2-4-14-22/h2-4,7-10,13-18,21,26,28,35H,5-6,11-12,19H2,1H3,(H2,31,33,37). The lowest BCUT2D eigenvalue weighted by atomic mass is 9.98. The number of hydrogen-bond donors (Lipinski definition) is 3. The quantitative estimate of drug-likeness (QED) is 0.454. The number of anilines is 2. The fourth-order valence-electron chi connectivity index (χ4n) is 5.23. The van der Waals surface area contributed by atoms with Gasteiger partial charge in [-0.2, -0.15) is 0 Å². The molecule has 0 spiro atoms. The number of carbonyl (C=O) groups is 2. The van der Waals surface area contributed by atoms with Crippen LogP contribution < -0.4 is 15.5 Å². The van der Waals surface area contributed by atoms with Crippen molar-refractivity contribution >= 4 is 29.0 Å². The maximum absolute atomic E-state index is 13.9. The van der Waals surface area contributed by atoms with Gasteiger partial charge in [-0.05, 0) is 49.4 Å². The molecule has 1 saturated carbocycles. The summed E-state index contributed by atoms with van der Waals surface area (Å²) >= 11 is 0. The van der Waals surface area contributed by atoms with Crippen molar-refractivity contribution in [3.8, 4) is 0 Å². The smallest absolute Gasteiger partial charge is 0.321 e. The summed E-state index contributed by atoms with van der Waals surface area (Å²) in [6, 6.07) is 24.1. The van der Waals surface area contributed by atoms with Gasteiger partial charge in [0.2, 0.25) is 6.17 Å². The molecule has 2 aliphatic rings. The number of carbonyl (C=O) groups excluding carboxylic acids is 2. The summed E-state index contributed by atoms with van der Waals surface area (Å²) in [5, 5.41) is 16.7. The van der Waals surface area contributed by atoms with Gasteiger partial charge in [0.15, 0.2) is 0 Å². The van der Waals surface area contributed by atoms with Crippen LogP contribution in [-0.2, 0) is 4.79 Å². The second-order valence-corrected chi connectivity index (χ2v) is 9.79. The lowest BCUT2D eigenvalue weighted by molar-refractivity contribution is -0.120. The van der Waals surface area contributed by atoms with Crippen molar-refractivity contribution in [2.45, 2.75) is 44.9 Å². The predicted molar refractivity (Wildman–Crippen MR) is 146 cm³/mol. The van der Waals surface area contributed by atoms with Crippen LogP contribution in [0, 0.1) is 12.8 Å². The number of aryl methyl sites for hydroxylation is 1. The first kappa shape index (κ1) is 24.7. The molecular formula is C30H32N4O3. The summed E-state index contributed by atoms with van der Waals surface area (Å²) in [6.07, 6.45) is 2.28. The van der Waals surface area contributed by atoms with Crippen LogP contribution in [0.1, 0.15) is 42.4 Å². The van der Waals surface area contributed by atoms with Crippen molar-refractivity contribution in [2.75, 3.05) is 16.8 Å². The third kappa shape index (κ3) is 5.57. The molecule has 5 rings (SSSR count). The van der Waals surface area contributed by atoms with E-state index in [0.717, 1.165) is 42.4 Å². The lowest BCUT2D eigenvalue weighted by Crippen LogP contribution is -2.51. The van der Waals surface area contributed by atoms with Crippen LogP contribution in [0.3, 0.4) is 0 Å². The molecule has 3 amide bonds. The maximum atomic E-state index is 13.9. The van der Waals surface area contributed by atoms with E-state index in [2.05, 4.69) is 10.6 Å². The summed E-state index contributed by atoms with van der Waals surface area (Å²) in [5.74, 6) is -0.219. The van der Waals surface area contributed by atoms with Crippen LogP contribution in [0.4, 0.5) is 16.2 Å². The second kappa shape index (κ2) is 11.0. The average molecular weight is 497 g/mol. The third-order valence-electron chi connectivity index (χ3n) is 7.11. The van der Waals surface area contributed by atoms with Crippen LogP contribution in [0.25, 0.3) is 0 Å². The Hall–Kier alpha value is -3.97. The lowest BCUT2D eigenvalue weighted by Gasteiger charge is -2.29. The summed E-state index contributed by atoms with van der Waals surface area (Å²) < 4.78 is 0. The monoisotopic (exact) mass is 496 g/mol. The number of fused-ring (bicyclic) bond motifs is 1. The van der Waals surface area contributed by atoms with Gasteiger partial charge in [0.05, 0.1) is 24.0 Å². The molecule has 7 heteroatoms. The molecule has 190 valence electrons. The zero-order valence-electron chi connectivity index (χ0n) is 20.9. The molecule has 0 saturated heterocycles. The molecule has 3 N–H and O–H groups in total. The van der Waals surface area contributed by atoms with E-state index in [0.29, 0.717) is 17.1 Å². The highest BCUT2D eigenvalue weighted by Gasteiger charge is 2.35. The Labute approximate surface area is 217 Å². The number of benzene rings is 3. The molecule has 3 aromatic rings. The number of para-hydroxylation sites is 1. The van der Waals surface area contributed by atoms with Gasteiger partial charge in [-0.25, -0.2) is 9.79 Å². The SMILES string of the molecule is Cc1cccc(NC(=O)NC2N=C(c3ccccc3)c3ccccc3N(CC(O)C3CCCC3)C2=O)c1. The molecule has 7 nitrogen and oxygen atoms in total. The van der Waals surface area contributed by atoms with E-state index in [1.54, 1.807) is 11.0 Å². The summed E-state index contributed by atoms with van der Waals surface area (Å²) in [4.78, 5) is 33.3. The molecule has 2 unspecified atom stereocenters. The van der Waals surface area contributed by atoms with Crippen LogP contribution in [0.2, 0.25) is 0 Å². The highest BCUT2D eigenvalue weighted by molar-refractivity contribution is 6.20. The minimum Gasteiger partial charge on any atom is -0.391 e. The highest BCUT2D eigenvalue weighted by Crippen LogP contribution is 2.32. The fourth-order valence-corrected chi connectivity index (χ4v) is 5.23. The van der Waals surface area contributed by atoms with Gasteiger partial charge in [-0.15, -0.1) is 0 Å². The Morgan fingerprint density at radius 2 is 1.76 bits per heavy atom. The topological polar surface area (TPSA) is 94.0 Å². The van der Waals surface area contributed by atoms with Crippen LogP contribution in [0.5, 0.6) is 0 Å². The zero-order valence-corrected chi connectivity index (χ0v) is 20.9. The van der Waals surface area contributed by atoms with Gasteiger partial charge in [0.25, 0.3) is 5.91 Å². The number of β-amino-alcohol motifs (C(OH)–C–C–N with tert-alkyl or cyclic N) is 1. The van der Waals surface area contributed by atoms with E-state index >= 15 is 0 Å². The van der Waals surface area contributed by atoms with Crippen molar-refractivity contribution in [1.82, 2.24) is 5.32 Å². The Balaban J connectivity index is 1.51. The number of aliphatic hydroxyl groups is 1. The van der Waals surface area contributed by atoms with Gasteiger partial charge >= 0.3 is 6.03 Å². The molecule has 1 fully saturated rings. The van der Waals surface area contributed by atoms with Crippen LogP contribution >= 0.6 is 0 Å². The average Bonchev–Trinajstić information content (AvgIpc) is 3.42. The van der Waals surface area contributed by atoms with Gasteiger partial charge in [0.1, 0.15) is 0 Å². The minimum atomic E-state index is -1.16. The molecule has 0 aromatic heterocycles. The van der Waals surface area contributed by atoms with Crippen molar-refractivity contribution < 1.29 is 14.7 Å². The van der Waals surface area contributed by atoms with Crippen LogP contribution in [0.15, 0.2) is 83.9 Å². The third-order valence-corrected chi connectivity index (χ3v) is 7.11. The summed E-state index contributed by atoms with van der Waals surface area (Å²) in [7, 11) is 0. The maximum Gasteiger partial charge on any atom is 0.321 e. The van der Waals surface area contributed by atoms with Crippen molar-refractivity contribution in [3.63, 3.8) is 0 Å². The fraction of sp³-hybridized carbons (Fsp3) is 0.300. The number of aliphatic hydroxyl groups excluding tert-OH is 1. The molecule has 1 aliphatic carbocycles. The van der Waals surface area contributed by atoms with Gasteiger partial charge in [0, 0.05) is 16.8 Å². The van der Waals surface area contributed by atoms with E-state index < -0.39 is 18.3 Å². The molecule has 2 atom stereocenters. The number of nitrogens with zero attached hydrogens (tertiary/aromatic N) is 2.